The van der Waals surface area contributed by atoms with E-state index in [1.807, 2.05) is 28.8 Å². The second-order valence-corrected chi connectivity index (χ2v) is 5.88. The molecular formula is C18H13N5O. The molecule has 1 atom stereocenters. The van der Waals surface area contributed by atoms with Gasteiger partial charge in [-0.1, -0.05) is 24.3 Å². The van der Waals surface area contributed by atoms with Gasteiger partial charge in [0.1, 0.15) is 0 Å². The molecule has 3 heterocycles. The Morgan fingerprint density at radius 3 is 2.92 bits per heavy atom. The van der Waals surface area contributed by atoms with Gasteiger partial charge in [0.05, 0.1) is 17.1 Å². The molecule has 24 heavy (non-hydrogen) atoms. The highest BCUT2D eigenvalue weighted by atomic mass is 16.1. The van der Waals surface area contributed by atoms with Crippen LogP contribution in [-0.4, -0.2) is 24.3 Å². The van der Waals surface area contributed by atoms with Crippen molar-refractivity contribution in [2.75, 3.05) is 0 Å². The Bertz CT molecular complexity index is 1110. The Hall–Kier alpha value is -3.28. The van der Waals surface area contributed by atoms with Gasteiger partial charge in [-0.25, -0.2) is 4.98 Å². The summed E-state index contributed by atoms with van der Waals surface area (Å²) in [6, 6.07) is 8.17. The Morgan fingerprint density at radius 1 is 1.12 bits per heavy atom. The summed E-state index contributed by atoms with van der Waals surface area (Å²) < 4.78 is 1.90. The summed E-state index contributed by atoms with van der Waals surface area (Å²) in [6.07, 6.45) is 9.39. The van der Waals surface area contributed by atoms with E-state index in [4.69, 9.17) is 0 Å². The van der Waals surface area contributed by atoms with Gasteiger partial charge in [-0.15, -0.1) is 0 Å². The van der Waals surface area contributed by atoms with Crippen molar-refractivity contribution >= 4 is 5.65 Å². The van der Waals surface area contributed by atoms with Gasteiger partial charge in [0, 0.05) is 48.9 Å². The molecule has 1 aliphatic carbocycles. The number of fused-ring (bicyclic) bond motifs is 5. The fourth-order valence-electron chi connectivity index (χ4n) is 3.59. The molecule has 3 aromatic heterocycles. The SMILES string of the molecule is O=c1[nH]c2c(n3ccnc13)C(Cc1cnccn1)c1ccccc1-2. The summed E-state index contributed by atoms with van der Waals surface area (Å²) >= 11 is 0. The lowest BCUT2D eigenvalue weighted by Crippen LogP contribution is -2.15. The van der Waals surface area contributed by atoms with Gasteiger partial charge >= 0.3 is 0 Å². The predicted molar refractivity (Wildman–Crippen MR) is 88.8 cm³/mol. The van der Waals surface area contributed by atoms with Crippen LogP contribution in [0.15, 0.2) is 60.0 Å². The van der Waals surface area contributed by atoms with Crippen LogP contribution >= 0.6 is 0 Å². The van der Waals surface area contributed by atoms with Crippen LogP contribution in [0.5, 0.6) is 0 Å². The minimum Gasteiger partial charge on any atom is -0.317 e. The smallest absolute Gasteiger partial charge is 0.292 e. The number of H-pyrrole nitrogens is 1. The number of aromatic amines is 1. The molecule has 0 aliphatic heterocycles. The van der Waals surface area contributed by atoms with Crippen molar-refractivity contribution in [2.45, 2.75) is 12.3 Å². The van der Waals surface area contributed by atoms with Crippen molar-refractivity contribution in [1.29, 1.82) is 0 Å². The highest BCUT2D eigenvalue weighted by Gasteiger charge is 2.32. The minimum absolute atomic E-state index is 0.0986. The normalized spacial score (nSPS) is 15.4. The molecule has 116 valence electrons. The molecule has 1 unspecified atom stereocenters. The lowest BCUT2D eigenvalue weighted by molar-refractivity contribution is 0.754. The van der Waals surface area contributed by atoms with E-state index in [2.05, 4.69) is 26.0 Å². The summed E-state index contributed by atoms with van der Waals surface area (Å²) in [5.41, 5.74) is 5.34. The van der Waals surface area contributed by atoms with E-state index in [1.165, 1.54) is 5.56 Å². The van der Waals surface area contributed by atoms with E-state index >= 15 is 0 Å². The van der Waals surface area contributed by atoms with Gasteiger partial charge in [-0.2, -0.15) is 0 Å². The average molecular weight is 315 g/mol. The van der Waals surface area contributed by atoms with Crippen LogP contribution in [0.3, 0.4) is 0 Å². The third-order valence-corrected chi connectivity index (χ3v) is 4.56. The van der Waals surface area contributed by atoms with Crippen molar-refractivity contribution < 1.29 is 0 Å². The zero-order valence-electron chi connectivity index (χ0n) is 12.7. The quantitative estimate of drug-likeness (QED) is 0.615. The van der Waals surface area contributed by atoms with Gasteiger partial charge < -0.3 is 4.98 Å². The van der Waals surface area contributed by atoms with E-state index in [1.54, 1.807) is 24.8 Å². The maximum atomic E-state index is 12.3. The van der Waals surface area contributed by atoms with Crippen molar-refractivity contribution in [3.8, 4) is 11.3 Å². The van der Waals surface area contributed by atoms with E-state index < -0.39 is 0 Å². The van der Waals surface area contributed by atoms with Gasteiger partial charge in [0.15, 0.2) is 0 Å². The first-order chi connectivity index (χ1) is 11.8. The van der Waals surface area contributed by atoms with E-state index in [-0.39, 0.29) is 11.5 Å². The Morgan fingerprint density at radius 2 is 2.04 bits per heavy atom. The van der Waals surface area contributed by atoms with Crippen LogP contribution in [0.4, 0.5) is 0 Å². The first kappa shape index (κ1) is 13.2. The highest BCUT2D eigenvalue weighted by Crippen LogP contribution is 2.44. The molecule has 5 rings (SSSR count). The summed E-state index contributed by atoms with van der Waals surface area (Å²) in [6.45, 7) is 0. The number of imidazole rings is 1. The van der Waals surface area contributed by atoms with Crippen LogP contribution in [0, 0.1) is 0 Å². The Labute approximate surface area is 136 Å². The van der Waals surface area contributed by atoms with Gasteiger partial charge in [0.25, 0.3) is 5.56 Å². The molecule has 0 saturated carbocycles. The molecule has 4 aromatic rings. The number of benzene rings is 1. The van der Waals surface area contributed by atoms with Crippen LogP contribution < -0.4 is 5.56 Å². The third-order valence-electron chi connectivity index (χ3n) is 4.56. The summed E-state index contributed by atoms with van der Waals surface area (Å²) in [4.78, 5) is 28.1. The van der Waals surface area contributed by atoms with Crippen LogP contribution in [-0.2, 0) is 6.42 Å². The molecule has 1 aromatic carbocycles. The van der Waals surface area contributed by atoms with Crippen molar-refractivity contribution in [2.24, 2.45) is 0 Å². The zero-order chi connectivity index (χ0) is 16.1. The minimum atomic E-state index is -0.172. The monoisotopic (exact) mass is 315 g/mol. The largest absolute Gasteiger partial charge is 0.317 e. The lowest BCUT2D eigenvalue weighted by Gasteiger charge is -2.14. The number of hydrogen-bond donors (Lipinski definition) is 1. The Balaban J connectivity index is 1.79. The number of rotatable bonds is 2. The van der Waals surface area contributed by atoms with Gasteiger partial charge in [-0.3, -0.25) is 19.2 Å². The average Bonchev–Trinajstić information content (AvgIpc) is 3.21. The Kier molecular flexibility index (Phi) is 2.67. The first-order valence-corrected chi connectivity index (χ1v) is 7.76. The molecule has 0 saturated heterocycles. The van der Waals surface area contributed by atoms with Crippen LogP contribution in [0.25, 0.3) is 16.9 Å². The first-order valence-electron chi connectivity index (χ1n) is 7.76. The molecule has 1 aliphatic rings. The summed E-state index contributed by atoms with van der Waals surface area (Å²) in [5, 5.41) is 0. The molecule has 6 nitrogen and oxygen atoms in total. The topological polar surface area (TPSA) is 75.9 Å². The molecule has 6 heteroatoms. The maximum absolute atomic E-state index is 12.3. The van der Waals surface area contributed by atoms with Crippen LogP contribution in [0.2, 0.25) is 0 Å². The van der Waals surface area contributed by atoms with E-state index in [0.717, 1.165) is 29.1 Å². The van der Waals surface area contributed by atoms with Crippen LogP contribution in [0.1, 0.15) is 22.9 Å². The second-order valence-electron chi connectivity index (χ2n) is 5.88. The fraction of sp³-hybridized carbons (Fsp3) is 0.111. The van der Waals surface area contributed by atoms with Gasteiger partial charge in [0.2, 0.25) is 5.65 Å². The number of nitrogens with zero attached hydrogens (tertiary/aromatic N) is 4. The number of nitrogens with one attached hydrogen (secondary N) is 1. The molecule has 0 spiro atoms. The number of hydrogen-bond acceptors (Lipinski definition) is 4. The van der Waals surface area contributed by atoms with E-state index in [9.17, 15) is 4.79 Å². The molecule has 0 radical (unpaired) electrons. The predicted octanol–water partition coefficient (Wildman–Crippen LogP) is 2.17. The fourth-order valence-corrected chi connectivity index (χ4v) is 3.59. The number of aromatic nitrogens is 5. The highest BCUT2D eigenvalue weighted by molar-refractivity contribution is 5.75. The summed E-state index contributed by atoms with van der Waals surface area (Å²) in [5.74, 6) is 0.0986. The molecule has 0 bridgehead atoms. The molecular weight excluding hydrogens is 302 g/mol. The molecule has 0 amide bonds. The van der Waals surface area contributed by atoms with Gasteiger partial charge in [-0.05, 0) is 5.56 Å². The molecule has 0 fully saturated rings. The zero-order valence-corrected chi connectivity index (χ0v) is 12.7. The van der Waals surface area contributed by atoms with E-state index in [0.29, 0.717) is 5.65 Å². The maximum Gasteiger partial charge on any atom is 0.292 e. The van der Waals surface area contributed by atoms with Crippen molar-refractivity contribution in [3.05, 3.63) is 82.6 Å². The lowest BCUT2D eigenvalue weighted by atomic mass is 9.95. The standard InChI is InChI=1S/C18H13N5O/c24-18-17-21-7-8-23(17)16-14(9-11-10-19-5-6-20-11)12-3-1-2-4-13(12)15(16)22-18/h1-8,10,14H,9H2,(H,22,24). The van der Waals surface area contributed by atoms with Crippen molar-refractivity contribution in [1.82, 2.24) is 24.3 Å². The second kappa shape index (κ2) is 4.86. The van der Waals surface area contributed by atoms with Crippen molar-refractivity contribution in [3.63, 3.8) is 0 Å². The summed E-state index contributed by atoms with van der Waals surface area (Å²) in [7, 11) is 0. The molecule has 1 N–H and O–H groups in total. The third kappa shape index (κ3) is 1.76.